The lowest BCUT2D eigenvalue weighted by Gasteiger charge is -2.23. The van der Waals surface area contributed by atoms with Gasteiger partial charge < -0.3 is 10.1 Å². The van der Waals surface area contributed by atoms with E-state index in [4.69, 9.17) is 4.74 Å². The standard InChI is InChI=1S/C15H25N3O/c1-4-18-10-6-7-13(18)11-17-15-14(19-12(2)3)8-5-9-16-15/h5,8-9,12-13H,4,6-7,10-11H2,1-3H3,(H,16,17). The van der Waals surface area contributed by atoms with Crippen molar-refractivity contribution in [3.63, 3.8) is 0 Å². The van der Waals surface area contributed by atoms with Crippen LogP contribution in [0.25, 0.3) is 0 Å². The van der Waals surface area contributed by atoms with E-state index >= 15 is 0 Å². The number of likely N-dealkylation sites (tertiary alicyclic amines) is 1. The number of nitrogens with zero attached hydrogens (tertiary/aromatic N) is 2. The van der Waals surface area contributed by atoms with Gasteiger partial charge in [0.05, 0.1) is 6.10 Å². The van der Waals surface area contributed by atoms with Crippen LogP contribution in [0.3, 0.4) is 0 Å². The topological polar surface area (TPSA) is 37.4 Å². The predicted molar refractivity (Wildman–Crippen MR) is 78.8 cm³/mol. The van der Waals surface area contributed by atoms with Crippen LogP contribution in [0.2, 0.25) is 0 Å². The lowest BCUT2D eigenvalue weighted by molar-refractivity contribution is 0.242. The number of rotatable bonds is 6. The van der Waals surface area contributed by atoms with Gasteiger partial charge in [0.25, 0.3) is 0 Å². The molecule has 4 nitrogen and oxygen atoms in total. The van der Waals surface area contributed by atoms with Crippen molar-refractivity contribution in [1.82, 2.24) is 9.88 Å². The zero-order valence-electron chi connectivity index (χ0n) is 12.2. The number of nitrogens with one attached hydrogen (secondary N) is 1. The summed E-state index contributed by atoms with van der Waals surface area (Å²) < 4.78 is 5.78. The maximum absolute atomic E-state index is 5.78. The van der Waals surface area contributed by atoms with E-state index in [-0.39, 0.29) is 6.10 Å². The van der Waals surface area contributed by atoms with E-state index in [1.165, 1.54) is 19.4 Å². The summed E-state index contributed by atoms with van der Waals surface area (Å²) in [5.74, 6) is 1.71. The molecule has 2 heterocycles. The van der Waals surface area contributed by atoms with Gasteiger partial charge in [-0.2, -0.15) is 0 Å². The molecule has 1 atom stereocenters. The largest absolute Gasteiger partial charge is 0.487 e. The second kappa shape index (κ2) is 6.75. The van der Waals surface area contributed by atoms with E-state index in [1.54, 1.807) is 0 Å². The number of pyridine rings is 1. The Kier molecular flexibility index (Phi) is 5.02. The normalized spacial score (nSPS) is 19.9. The Morgan fingerprint density at radius 2 is 2.37 bits per heavy atom. The first-order valence-corrected chi connectivity index (χ1v) is 7.30. The van der Waals surface area contributed by atoms with Crippen LogP contribution in [0.4, 0.5) is 5.82 Å². The van der Waals surface area contributed by atoms with Crippen molar-refractivity contribution in [2.75, 3.05) is 25.0 Å². The number of anilines is 1. The predicted octanol–water partition coefficient (Wildman–Crippen LogP) is 2.77. The zero-order chi connectivity index (χ0) is 13.7. The fourth-order valence-electron chi connectivity index (χ4n) is 2.63. The molecular formula is C15H25N3O. The van der Waals surface area contributed by atoms with Gasteiger partial charge in [-0.15, -0.1) is 0 Å². The molecule has 1 saturated heterocycles. The van der Waals surface area contributed by atoms with Gasteiger partial charge in [-0.1, -0.05) is 6.92 Å². The molecule has 1 aliphatic rings. The smallest absolute Gasteiger partial charge is 0.168 e. The molecule has 1 fully saturated rings. The number of likely N-dealkylation sites (N-methyl/N-ethyl adjacent to an activating group) is 1. The van der Waals surface area contributed by atoms with Gasteiger partial charge in [-0.25, -0.2) is 4.98 Å². The van der Waals surface area contributed by atoms with Gasteiger partial charge >= 0.3 is 0 Å². The van der Waals surface area contributed by atoms with Gasteiger partial charge in [0, 0.05) is 18.8 Å². The molecule has 1 unspecified atom stereocenters. The molecule has 0 aliphatic carbocycles. The second-order valence-electron chi connectivity index (χ2n) is 5.32. The van der Waals surface area contributed by atoms with E-state index in [0.29, 0.717) is 6.04 Å². The molecule has 19 heavy (non-hydrogen) atoms. The summed E-state index contributed by atoms with van der Waals surface area (Å²) in [6.07, 6.45) is 4.55. The van der Waals surface area contributed by atoms with Crippen molar-refractivity contribution in [2.45, 2.75) is 45.8 Å². The number of ether oxygens (including phenoxy) is 1. The van der Waals surface area contributed by atoms with Crippen molar-refractivity contribution in [1.29, 1.82) is 0 Å². The Hall–Kier alpha value is -1.29. The number of aromatic nitrogens is 1. The van der Waals surface area contributed by atoms with Crippen LogP contribution in [0.15, 0.2) is 18.3 Å². The van der Waals surface area contributed by atoms with Crippen molar-refractivity contribution in [2.24, 2.45) is 0 Å². The monoisotopic (exact) mass is 263 g/mol. The van der Waals surface area contributed by atoms with Crippen LogP contribution >= 0.6 is 0 Å². The van der Waals surface area contributed by atoms with Crippen LogP contribution in [0.5, 0.6) is 5.75 Å². The lowest BCUT2D eigenvalue weighted by Crippen LogP contribution is -2.34. The average molecular weight is 263 g/mol. The highest BCUT2D eigenvalue weighted by atomic mass is 16.5. The molecule has 0 bridgehead atoms. The first-order valence-electron chi connectivity index (χ1n) is 7.30. The van der Waals surface area contributed by atoms with Crippen LogP contribution < -0.4 is 10.1 Å². The Bertz CT molecular complexity index is 395. The maximum atomic E-state index is 5.78. The van der Waals surface area contributed by atoms with E-state index in [1.807, 2.05) is 32.2 Å². The molecule has 4 heteroatoms. The molecule has 0 radical (unpaired) electrons. The summed E-state index contributed by atoms with van der Waals surface area (Å²) in [6, 6.07) is 4.51. The molecule has 1 aliphatic heterocycles. The first kappa shape index (κ1) is 14.1. The van der Waals surface area contributed by atoms with Gasteiger partial charge in [-0.05, 0) is 51.9 Å². The fourth-order valence-corrected chi connectivity index (χ4v) is 2.63. The summed E-state index contributed by atoms with van der Waals surface area (Å²) in [5, 5.41) is 3.45. The van der Waals surface area contributed by atoms with Crippen molar-refractivity contribution < 1.29 is 4.74 Å². The van der Waals surface area contributed by atoms with Crippen molar-refractivity contribution >= 4 is 5.82 Å². The van der Waals surface area contributed by atoms with E-state index in [0.717, 1.165) is 24.7 Å². The Morgan fingerprint density at radius 3 is 3.11 bits per heavy atom. The highest BCUT2D eigenvalue weighted by Crippen LogP contribution is 2.23. The Morgan fingerprint density at radius 1 is 1.53 bits per heavy atom. The van der Waals surface area contributed by atoms with Gasteiger partial charge in [0.15, 0.2) is 11.6 Å². The molecule has 0 spiro atoms. The highest BCUT2D eigenvalue weighted by Gasteiger charge is 2.22. The van der Waals surface area contributed by atoms with E-state index in [9.17, 15) is 0 Å². The lowest BCUT2D eigenvalue weighted by atomic mass is 10.2. The van der Waals surface area contributed by atoms with Crippen LogP contribution in [-0.2, 0) is 0 Å². The summed E-state index contributed by atoms with van der Waals surface area (Å²) >= 11 is 0. The minimum absolute atomic E-state index is 0.170. The summed E-state index contributed by atoms with van der Waals surface area (Å²) in [6.45, 7) is 9.59. The third-order valence-electron chi connectivity index (χ3n) is 3.54. The fraction of sp³-hybridized carbons (Fsp3) is 0.667. The van der Waals surface area contributed by atoms with Crippen LogP contribution in [0, 0.1) is 0 Å². The molecule has 0 amide bonds. The SMILES string of the molecule is CCN1CCCC1CNc1ncccc1OC(C)C. The second-order valence-corrected chi connectivity index (χ2v) is 5.32. The molecule has 106 valence electrons. The molecule has 1 N–H and O–H groups in total. The molecule has 2 rings (SSSR count). The Labute approximate surface area is 116 Å². The van der Waals surface area contributed by atoms with Crippen LogP contribution in [-0.4, -0.2) is 41.7 Å². The summed E-state index contributed by atoms with van der Waals surface area (Å²) in [5.41, 5.74) is 0. The number of hydrogen-bond acceptors (Lipinski definition) is 4. The third-order valence-corrected chi connectivity index (χ3v) is 3.54. The quantitative estimate of drug-likeness (QED) is 0.856. The van der Waals surface area contributed by atoms with E-state index in [2.05, 4.69) is 22.1 Å². The first-order chi connectivity index (χ1) is 9.20. The average Bonchev–Trinajstić information content (AvgIpc) is 2.84. The summed E-state index contributed by atoms with van der Waals surface area (Å²) in [7, 11) is 0. The van der Waals surface area contributed by atoms with Crippen molar-refractivity contribution in [3.05, 3.63) is 18.3 Å². The third kappa shape index (κ3) is 3.83. The molecule has 0 saturated carbocycles. The molecule has 1 aromatic rings. The summed E-state index contributed by atoms with van der Waals surface area (Å²) in [4.78, 5) is 6.92. The van der Waals surface area contributed by atoms with Gasteiger partial charge in [0.2, 0.25) is 0 Å². The minimum atomic E-state index is 0.170. The minimum Gasteiger partial charge on any atom is -0.487 e. The molecular weight excluding hydrogens is 238 g/mol. The molecule has 0 aromatic carbocycles. The Balaban J connectivity index is 1.95. The number of hydrogen-bond donors (Lipinski definition) is 1. The highest BCUT2D eigenvalue weighted by molar-refractivity contribution is 5.49. The van der Waals surface area contributed by atoms with Crippen LogP contribution in [0.1, 0.15) is 33.6 Å². The van der Waals surface area contributed by atoms with Gasteiger partial charge in [0.1, 0.15) is 0 Å². The molecule has 1 aromatic heterocycles. The van der Waals surface area contributed by atoms with Gasteiger partial charge in [-0.3, -0.25) is 4.90 Å². The maximum Gasteiger partial charge on any atom is 0.168 e. The zero-order valence-corrected chi connectivity index (χ0v) is 12.2. The van der Waals surface area contributed by atoms with E-state index < -0.39 is 0 Å². The van der Waals surface area contributed by atoms with Crippen molar-refractivity contribution in [3.8, 4) is 5.75 Å².